The first-order valence-corrected chi connectivity index (χ1v) is 11.6. The lowest BCUT2D eigenvalue weighted by Crippen LogP contribution is -2.50. The van der Waals surface area contributed by atoms with Crippen LogP contribution in [0.4, 0.5) is 10.6 Å². The first kappa shape index (κ1) is 19.0. The number of nitrogens with one attached hydrogen (secondary N) is 1. The van der Waals surface area contributed by atoms with Crippen molar-refractivity contribution in [3.05, 3.63) is 47.4 Å². The fraction of sp³-hybridized carbons (Fsp3) is 0.542. The van der Waals surface area contributed by atoms with Crippen LogP contribution in [0.15, 0.2) is 35.3 Å². The first-order chi connectivity index (χ1) is 15.0. The number of rotatable bonds is 4. The second-order valence-corrected chi connectivity index (χ2v) is 9.71. The first-order valence-electron chi connectivity index (χ1n) is 11.6. The van der Waals surface area contributed by atoms with Gasteiger partial charge in [-0.1, -0.05) is 37.3 Å². The number of amides is 2. The van der Waals surface area contributed by atoms with Gasteiger partial charge in [-0.2, -0.15) is 0 Å². The molecule has 0 spiro atoms. The van der Waals surface area contributed by atoms with Crippen LogP contribution in [0.3, 0.4) is 0 Å². The van der Waals surface area contributed by atoms with E-state index in [4.69, 9.17) is 9.98 Å². The van der Waals surface area contributed by atoms with Crippen LogP contribution in [0.1, 0.15) is 75.0 Å². The predicted octanol–water partition coefficient (Wildman–Crippen LogP) is 3.90. The Kier molecular flexibility index (Phi) is 4.09. The van der Waals surface area contributed by atoms with E-state index in [1.807, 2.05) is 28.0 Å². The van der Waals surface area contributed by atoms with Gasteiger partial charge in [0.25, 0.3) is 0 Å². The van der Waals surface area contributed by atoms with Gasteiger partial charge in [-0.15, -0.1) is 0 Å². The molecule has 3 saturated carbocycles. The van der Waals surface area contributed by atoms with Crippen LogP contribution in [0.5, 0.6) is 0 Å². The van der Waals surface area contributed by atoms with Crippen LogP contribution in [-0.4, -0.2) is 50.5 Å². The maximum Gasteiger partial charge on any atom is 0.331 e. The molecule has 1 aromatic heterocycles. The lowest BCUT2D eigenvalue weighted by molar-refractivity contribution is -0.0678. The molecule has 2 aromatic rings. The van der Waals surface area contributed by atoms with Crippen molar-refractivity contribution < 1.29 is 9.90 Å². The molecule has 3 aliphatic carbocycles. The third-order valence-corrected chi connectivity index (χ3v) is 7.86. The summed E-state index contributed by atoms with van der Waals surface area (Å²) in [4.78, 5) is 30.7. The number of hydrogen-bond donors (Lipinski definition) is 2. The number of aromatic amines is 1. The highest BCUT2D eigenvalue weighted by Crippen LogP contribution is 2.53. The number of aromatic nitrogens is 2. The van der Waals surface area contributed by atoms with Gasteiger partial charge in [0.2, 0.25) is 0 Å². The SMILES string of the molecule is CCCN1C(=O)N2C[C@@H](c3ccccc3)N=C2c2[nH]c(C34CCC(O)(CC3)CC4)nc21. The summed E-state index contributed by atoms with van der Waals surface area (Å²) < 4.78 is 0. The van der Waals surface area contributed by atoms with Crippen molar-refractivity contribution in [2.45, 2.75) is 68.9 Å². The fourth-order valence-electron chi connectivity index (χ4n) is 5.89. The molecule has 5 aliphatic rings. The molecule has 7 nitrogen and oxygen atoms in total. The van der Waals surface area contributed by atoms with Gasteiger partial charge in [-0.05, 0) is 50.5 Å². The Hall–Kier alpha value is -2.67. The summed E-state index contributed by atoms with van der Waals surface area (Å²) >= 11 is 0. The van der Waals surface area contributed by atoms with Crippen molar-refractivity contribution in [2.75, 3.05) is 18.0 Å². The molecule has 1 atom stereocenters. The molecular formula is C24H29N5O2. The molecule has 0 saturated heterocycles. The molecule has 1 aromatic carbocycles. The number of anilines is 1. The standard InChI is InChI=1S/C24H29N5O2/c1-2-14-28-20-18(26-21(27-20)23-8-11-24(31,12-9-23)13-10-23)19-25-17(15-29(19)22(28)30)16-6-4-3-5-7-16/h3-7,17,31H,2,8-15H2,1H3,(H,26,27)/t17-,23?,24?/m0/s1. The topological polar surface area (TPSA) is 84.8 Å². The highest BCUT2D eigenvalue weighted by Gasteiger charge is 2.51. The summed E-state index contributed by atoms with van der Waals surface area (Å²) in [6.45, 7) is 3.29. The number of carbonyl (C=O) groups excluding carboxylic acids is 1. The van der Waals surface area contributed by atoms with Gasteiger partial charge in [0.05, 0.1) is 18.2 Å². The zero-order valence-corrected chi connectivity index (χ0v) is 18.0. The lowest BCUT2D eigenvalue weighted by atomic mass is 9.58. The minimum atomic E-state index is -0.479. The third kappa shape index (κ3) is 2.79. The number of amidine groups is 1. The van der Waals surface area contributed by atoms with E-state index in [0.29, 0.717) is 13.1 Å². The van der Waals surface area contributed by atoms with Crippen LogP contribution in [0.2, 0.25) is 0 Å². The van der Waals surface area contributed by atoms with E-state index >= 15 is 0 Å². The van der Waals surface area contributed by atoms with E-state index in [9.17, 15) is 9.90 Å². The maximum atomic E-state index is 13.4. The van der Waals surface area contributed by atoms with E-state index in [0.717, 1.165) is 73.7 Å². The minimum absolute atomic E-state index is 0.0222. The number of aliphatic imine (C=N–C) groups is 1. The molecule has 2 amide bonds. The normalized spacial score (nSPS) is 31.6. The number of urea groups is 1. The molecule has 7 heteroatoms. The van der Waals surface area contributed by atoms with Crippen LogP contribution >= 0.6 is 0 Å². The van der Waals surface area contributed by atoms with Gasteiger partial charge in [-0.3, -0.25) is 14.8 Å². The highest BCUT2D eigenvalue weighted by molar-refractivity contribution is 6.18. The summed E-state index contributed by atoms with van der Waals surface area (Å²) in [5, 5.41) is 10.6. The van der Waals surface area contributed by atoms with Crippen LogP contribution < -0.4 is 4.90 Å². The van der Waals surface area contributed by atoms with Gasteiger partial charge in [0, 0.05) is 12.0 Å². The van der Waals surface area contributed by atoms with Crippen LogP contribution in [0, 0.1) is 0 Å². The van der Waals surface area contributed by atoms with Crippen molar-refractivity contribution in [3.8, 4) is 0 Å². The second kappa shape index (κ2) is 6.66. The molecule has 162 valence electrons. The largest absolute Gasteiger partial charge is 0.390 e. The average molecular weight is 420 g/mol. The van der Waals surface area contributed by atoms with Gasteiger partial charge >= 0.3 is 6.03 Å². The van der Waals surface area contributed by atoms with Crippen molar-refractivity contribution in [1.82, 2.24) is 14.9 Å². The molecule has 3 heterocycles. The fourth-order valence-corrected chi connectivity index (χ4v) is 5.89. The smallest absolute Gasteiger partial charge is 0.331 e. The van der Waals surface area contributed by atoms with E-state index in [1.165, 1.54) is 0 Å². The Morgan fingerprint density at radius 3 is 2.52 bits per heavy atom. The van der Waals surface area contributed by atoms with Gasteiger partial charge in [0.15, 0.2) is 11.7 Å². The number of imidazole rings is 1. The number of benzene rings is 1. The summed E-state index contributed by atoms with van der Waals surface area (Å²) in [6, 6.07) is 10.1. The summed E-state index contributed by atoms with van der Waals surface area (Å²) in [7, 11) is 0. The Labute approximate surface area is 182 Å². The molecule has 2 bridgehead atoms. The third-order valence-electron chi connectivity index (χ3n) is 7.86. The molecular weight excluding hydrogens is 390 g/mol. The summed E-state index contributed by atoms with van der Waals surface area (Å²) in [6.07, 6.45) is 6.20. The Morgan fingerprint density at radius 1 is 1.13 bits per heavy atom. The Bertz CT molecular complexity index is 1030. The highest BCUT2D eigenvalue weighted by atomic mass is 16.3. The zero-order chi connectivity index (χ0) is 21.2. The molecule has 0 radical (unpaired) electrons. The molecule has 31 heavy (non-hydrogen) atoms. The maximum absolute atomic E-state index is 13.4. The summed E-state index contributed by atoms with van der Waals surface area (Å²) in [5.41, 5.74) is 1.50. The molecule has 2 N–H and O–H groups in total. The summed E-state index contributed by atoms with van der Waals surface area (Å²) in [5.74, 6) is 2.42. The lowest BCUT2D eigenvalue weighted by Gasteiger charge is -2.49. The van der Waals surface area contributed by atoms with E-state index in [2.05, 4.69) is 24.0 Å². The van der Waals surface area contributed by atoms with Crippen LogP contribution in [-0.2, 0) is 5.41 Å². The number of nitrogens with zero attached hydrogens (tertiary/aromatic N) is 4. The quantitative estimate of drug-likeness (QED) is 0.788. The zero-order valence-electron chi connectivity index (χ0n) is 18.0. The van der Waals surface area contributed by atoms with Gasteiger partial charge in [0.1, 0.15) is 11.5 Å². The van der Waals surface area contributed by atoms with E-state index in [1.54, 1.807) is 0 Å². The minimum Gasteiger partial charge on any atom is -0.390 e. The number of aliphatic hydroxyl groups is 1. The van der Waals surface area contributed by atoms with E-state index < -0.39 is 5.60 Å². The Morgan fingerprint density at radius 2 is 1.84 bits per heavy atom. The average Bonchev–Trinajstić information content (AvgIpc) is 3.44. The van der Waals surface area contributed by atoms with E-state index in [-0.39, 0.29) is 17.5 Å². The molecule has 3 fully saturated rings. The van der Waals surface area contributed by atoms with Crippen molar-refractivity contribution >= 4 is 17.7 Å². The monoisotopic (exact) mass is 419 g/mol. The van der Waals surface area contributed by atoms with Crippen molar-refractivity contribution in [3.63, 3.8) is 0 Å². The molecule has 2 aliphatic heterocycles. The van der Waals surface area contributed by atoms with Crippen molar-refractivity contribution in [1.29, 1.82) is 0 Å². The molecule has 7 rings (SSSR count). The Balaban J connectivity index is 1.42. The molecule has 0 unspecified atom stereocenters. The van der Waals surface area contributed by atoms with Crippen molar-refractivity contribution in [2.24, 2.45) is 4.99 Å². The number of H-pyrrole nitrogens is 1. The van der Waals surface area contributed by atoms with Crippen LogP contribution in [0.25, 0.3) is 0 Å². The predicted molar refractivity (Wildman–Crippen MR) is 118 cm³/mol. The number of fused-ring (bicyclic) bond motifs is 6. The number of carbonyl (C=O) groups is 1. The number of hydrogen-bond acceptors (Lipinski definition) is 4. The van der Waals surface area contributed by atoms with Gasteiger partial charge < -0.3 is 10.1 Å². The second-order valence-electron chi connectivity index (χ2n) is 9.71. The van der Waals surface area contributed by atoms with Gasteiger partial charge in [-0.25, -0.2) is 9.78 Å².